The van der Waals surface area contributed by atoms with E-state index in [0.29, 0.717) is 28.1 Å². The molecule has 3 aromatic rings. The highest BCUT2D eigenvalue weighted by Gasteiger charge is 2.11. The molecule has 0 bridgehead atoms. The van der Waals surface area contributed by atoms with Crippen LogP contribution in [-0.4, -0.2) is 30.9 Å². The number of halogens is 1. The maximum atomic E-state index is 6.27. The molecule has 0 aromatic carbocycles. The summed E-state index contributed by atoms with van der Waals surface area (Å²) in [4.78, 5) is 4.27. The summed E-state index contributed by atoms with van der Waals surface area (Å²) in [5.41, 5.74) is 2.07. The molecule has 7 heteroatoms. The molecule has 3 aromatic heterocycles. The molecule has 0 aliphatic rings. The lowest BCUT2D eigenvalue weighted by Crippen LogP contribution is -2.06. The SMILES string of the molecule is Cc1nnc2cc(Cl)c(-c3ccc(OC(C)C)nc3)nn12. The summed E-state index contributed by atoms with van der Waals surface area (Å²) in [6.45, 7) is 5.75. The normalized spacial score (nSPS) is 11.3. The van der Waals surface area contributed by atoms with E-state index in [0.717, 1.165) is 5.56 Å². The monoisotopic (exact) mass is 303 g/mol. The summed E-state index contributed by atoms with van der Waals surface area (Å²) in [5, 5.41) is 12.9. The van der Waals surface area contributed by atoms with Crippen LogP contribution in [0, 0.1) is 6.92 Å². The third-order valence-corrected chi connectivity index (χ3v) is 3.16. The second-order valence-corrected chi connectivity index (χ2v) is 5.32. The smallest absolute Gasteiger partial charge is 0.213 e. The lowest BCUT2D eigenvalue weighted by Gasteiger charge is -2.09. The van der Waals surface area contributed by atoms with Crippen LogP contribution in [0.15, 0.2) is 24.4 Å². The van der Waals surface area contributed by atoms with Crippen molar-refractivity contribution in [2.45, 2.75) is 26.9 Å². The molecule has 3 heterocycles. The molecule has 0 radical (unpaired) electrons. The van der Waals surface area contributed by atoms with Crippen LogP contribution in [-0.2, 0) is 0 Å². The summed E-state index contributed by atoms with van der Waals surface area (Å²) in [5.74, 6) is 1.28. The van der Waals surface area contributed by atoms with Crippen molar-refractivity contribution < 1.29 is 4.74 Å². The lowest BCUT2D eigenvalue weighted by molar-refractivity contribution is 0.232. The van der Waals surface area contributed by atoms with Gasteiger partial charge in [0.1, 0.15) is 5.69 Å². The van der Waals surface area contributed by atoms with Crippen LogP contribution >= 0.6 is 11.6 Å². The third kappa shape index (κ3) is 2.67. The second kappa shape index (κ2) is 5.29. The van der Waals surface area contributed by atoms with Gasteiger partial charge in [-0.1, -0.05) is 11.6 Å². The molecule has 0 fully saturated rings. The molecule has 3 rings (SSSR count). The predicted octanol–water partition coefficient (Wildman–Crippen LogP) is 2.94. The number of pyridine rings is 1. The first-order valence-electron chi connectivity index (χ1n) is 6.56. The van der Waals surface area contributed by atoms with E-state index in [1.807, 2.05) is 26.8 Å². The minimum absolute atomic E-state index is 0.0843. The Labute approximate surface area is 126 Å². The molecule has 21 heavy (non-hydrogen) atoms. The molecule has 0 aliphatic heterocycles. The van der Waals surface area contributed by atoms with E-state index in [-0.39, 0.29) is 6.10 Å². The molecule has 0 saturated carbocycles. The van der Waals surface area contributed by atoms with E-state index in [4.69, 9.17) is 16.3 Å². The maximum Gasteiger partial charge on any atom is 0.213 e. The Kier molecular flexibility index (Phi) is 3.47. The number of aryl methyl sites for hydroxylation is 1. The standard InChI is InChI=1S/C14H14ClN5O/c1-8(2)21-13-5-4-10(7-16-13)14-11(15)6-12-18-17-9(3)20(12)19-14/h4-8H,1-3H3. The number of fused-ring (bicyclic) bond motifs is 1. The van der Waals surface area contributed by atoms with Gasteiger partial charge in [0.25, 0.3) is 0 Å². The quantitative estimate of drug-likeness (QED) is 0.744. The summed E-state index contributed by atoms with van der Waals surface area (Å²) >= 11 is 6.27. The molecule has 0 amide bonds. The van der Waals surface area contributed by atoms with Gasteiger partial charge < -0.3 is 4.74 Å². The zero-order valence-electron chi connectivity index (χ0n) is 11.9. The molecule has 0 saturated heterocycles. The number of hydrogen-bond acceptors (Lipinski definition) is 5. The highest BCUT2D eigenvalue weighted by Crippen LogP contribution is 2.27. The molecule has 0 atom stereocenters. The van der Waals surface area contributed by atoms with Crippen molar-refractivity contribution in [3.8, 4) is 17.1 Å². The molecule has 6 nitrogen and oxygen atoms in total. The number of nitrogens with zero attached hydrogens (tertiary/aromatic N) is 5. The Morgan fingerprint density at radius 1 is 1.24 bits per heavy atom. The third-order valence-electron chi connectivity index (χ3n) is 2.87. The van der Waals surface area contributed by atoms with Gasteiger partial charge in [0, 0.05) is 23.9 Å². The average molecular weight is 304 g/mol. The number of ether oxygens (including phenoxy) is 1. The maximum absolute atomic E-state index is 6.27. The van der Waals surface area contributed by atoms with Gasteiger partial charge in [-0.05, 0) is 26.8 Å². The van der Waals surface area contributed by atoms with E-state index in [1.165, 1.54) is 0 Å². The molecule has 0 N–H and O–H groups in total. The minimum Gasteiger partial charge on any atom is -0.475 e. The van der Waals surface area contributed by atoms with Crippen LogP contribution < -0.4 is 4.74 Å². The Hall–Kier alpha value is -2.21. The Balaban J connectivity index is 2.03. The molecule has 108 valence electrons. The van der Waals surface area contributed by atoms with Gasteiger partial charge >= 0.3 is 0 Å². The van der Waals surface area contributed by atoms with Gasteiger partial charge in [-0.15, -0.1) is 10.2 Å². The first-order valence-corrected chi connectivity index (χ1v) is 6.94. The van der Waals surface area contributed by atoms with Crippen LogP contribution in [0.25, 0.3) is 16.9 Å². The van der Waals surface area contributed by atoms with Crippen molar-refractivity contribution in [3.05, 3.63) is 35.2 Å². The second-order valence-electron chi connectivity index (χ2n) is 4.91. The van der Waals surface area contributed by atoms with E-state index < -0.39 is 0 Å². The van der Waals surface area contributed by atoms with Crippen molar-refractivity contribution in [1.29, 1.82) is 0 Å². The van der Waals surface area contributed by atoms with Gasteiger partial charge in [0.2, 0.25) is 5.88 Å². The van der Waals surface area contributed by atoms with Crippen LogP contribution in [0.5, 0.6) is 5.88 Å². The average Bonchev–Trinajstić information content (AvgIpc) is 2.79. The Morgan fingerprint density at radius 2 is 2.05 bits per heavy atom. The zero-order valence-corrected chi connectivity index (χ0v) is 12.7. The molecular formula is C14H14ClN5O. The van der Waals surface area contributed by atoms with Gasteiger partial charge in [-0.2, -0.15) is 9.61 Å². The first-order chi connectivity index (χ1) is 10.0. The largest absolute Gasteiger partial charge is 0.475 e. The van der Waals surface area contributed by atoms with Crippen LogP contribution in [0.4, 0.5) is 0 Å². The van der Waals surface area contributed by atoms with Gasteiger partial charge in [0.15, 0.2) is 11.5 Å². The summed E-state index contributed by atoms with van der Waals surface area (Å²) in [6.07, 6.45) is 1.78. The van der Waals surface area contributed by atoms with Crippen molar-refractivity contribution in [2.24, 2.45) is 0 Å². The highest BCUT2D eigenvalue weighted by molar-refractivity contribution is 6.33. The molecule has 0 aliphatic carbocycles. The zero-order chi connectivity index (χ0) is 15.0. The van der Waals surface area contributed by atoms with Crippen LogP contribution in [0.2, 0.25) is 5.02 Å². The van der Waals surface area contributed by atoms with Crippen LogP contribution in [0.3, 0.4) is 0 Å². The number of aromatic nitrogens is 5. The fourth-order valence-electron chi connectivity index (χ4n) is 1.94. The molecule has 0 unspecified atom stereocenters. The van der Waals surface area contributed by atoms with Gasteiger partial charge in [-0.25, -0.2) is 4.98 Å². The molecule has 0 spiro atoms. The van der Waals surface area contributed by atoms with Gasteiger partial charge in [0.05, 0.1) is 11.1 Å². The lowest BCUT2D eigenvalue weighted by atomic mass is 10.2. The minimum atomic E-state index is 0.0843. The van der Waals surface area contributed by atoms with Crippen molar-refractivity contribution in [1.82, 2.24) is 24.8 Å². The van der Waals surface area contributed by atoms with Gasteiger partial charge in [-0.3, -0.25) is 0 Å². The Bertz CT molecular complexity index is 782. The fourth-order valence-corrected chi connectivity index (χ4v) is 2.19. The Morgan fingerprint density at radius 3 is 2.71 bits per heavy atom. The summed E-state index contributed by atoms with van der Waals surface area (Å²) in [6, 6.07) is 5.42. The van der Waals surface area contributed by atoms with Crippen molar-refractivity contribution >= 4 is 17.2 Å². The predicted molar refractivity (Wildman–Crippen MR) is 79.5 cm³/mol. The summed E-state index contributed by atoms with van der Waals surface area (Å²) < 4.78 is 7.18. The van der Waals surface area contributed by atoms with Crippen LogP contribution in [0.1, 0.15) is 19.7 Å². The fraction of sp³-hybridized carbons (Fsp3) is 0.286. The van der Waals surface area contributed by atoms with E-state index in [2.05, 4.69) is 20.3 Å². The number of rotatable bonds is 3. The highest BCUT2D eigenvalue weighted by atomic mass is 35.5. The van der Waals surface area contributed by atoms with E-state index in [9.17, 15) is 0 Å². The van der Waals surface area contributed by atoms with E-state index >= 15 is 0 Å². The van der Waals surface area contributed by atoms with Crippen molar-refractivity contribution in [3.63, 3.8) is 0 Å². The number of hydrogen-bond donors (Lipinski definition) is 0. The first kappa shape index (κ1) is 13.8. The topological polar surface area (TPSA) is 65.2 Å². The summed E-state index contributed by atoms with van der Waals surface area (Å²) in [7, 11) is 0. The van der Waals surface area contributed by atoms with E-state index in [1.54, 1.807) is 22.8 Å². The van der Waals surface area contributed by atoms with Crippen molar-refractivity contribution in [2.75, 3.05) is 0 Å². The molecular weight excluding hydrogens is 290 g/mol.